The van der Waals surface area contributed by atoms with Crippen molar-refractivity contribution in [3.63, 3.8) is 0 Å². The van der Waals surface area contributed by atoms with Crippen LogP contribution in [0.25, 0.3) is 38.6 Å². The lowest BCUT2D eigenvalue weighted by Crippen LogP contribution is -2.05. The van der Waals surface area contributed by atoms with E-state index >= 15 is 0 Å². The van der Waals surface area contributed by atoms with Crippen LogP contribution in [0.3, 0.4) is 0 Å². The highest BCUT2D eigenvalue weighted by atomic mass is 15.0. The van der Waals surface area contributed by atoms with E-state index in [1.807, 2.05) is 0 Å². The van der Waals surface area contributed by atoms with Crippen molar-refractivity contribution < 1.29 is 0 Å². The van der Waals surface area contributed by atoms with Gasteiger partial charge in [0.2, 0.25) is 0 Å². The van der Waals surface area contributed by atoms with Crippen LogP contribution in [0.5, 0.6) is 0 Å². The van der Waals surface area contributed by atoms with Crippen molar-refractivity contribution in [2.45, 2.75) is 47.5 Å². The maximum absolute atomic E-state index is 5.17. The second-order valence-corrected chi connectivity index (χ2v) is 9.91. The summed E-state index contributed by atoms with van der Waals surface area (Å²) in [6.45, 7) is 11.4. The molecule has 0 radical (unpaired) electrons. The van der Waals surface area contributed by atoms with Gasteiger partial charge in [-0.25, -0.2) is 4.98 Å². The molecular weight excluding hydrogens is 388 g/mol. The number of aryl methyl sites for hydroxylation is 1. The van der Waals surface area contributed by atoms with Crippen molar-refractivity contribution in [3.05, 3.63) is 83.6 Å². The van der Waals surface area contributed by atoms with E-state index in [1.54, 1.807) is 0 Å². The lowest BCUT2D eigenvalue weighted by atomic mass is 9.88. The summed E-state index contributed by atoms with van der Waals surface area (Å²) in [5, 5.41) is 3.76. The molecule has 0 fully saturated rings. The van der Waals surface area contributed by atoms with Gasteiger partial charge in [0.25, 0.3) is 0 Å². The molecular formula is C30H32N2. The molecule has 0 amide bonds. The standard InChI is InChI=1S/C30H32N2/c1-19(2)17-22-11-10-12-23(18-20(3)4)28(22)29-21(5)31-30-26-15-7-6-13-24(26)25-14-8-9-16-27(25)32(29)30/h6-16,19-20H,17-18H2,1-5H3. The Morgan fingerprint density at radius 3 is 1.88 bits per heavy atom. The van der Waals surface area contributed by atoms with Gasteiger partial charge in [0.1, 0.15) is 5.65 Å². The van der Waals surface area contributed by atoms with Gasteiger partial charge in [-0.1, -0.05) is 88.4 Å². The molecule has 2 aromatic heterocycles. The summed E-state index contributed by atoms with van der Waals surface area (Å²) in [7, 11) is 0. The number of fused-ring (bicyclic) bond motifs is 6. The van der Waals surface area contributed by atoms with Gasteiger partial charge < -0.3 is 0 Å². The first kappa shape index (κ1) is 20.8. The van der Waals surface area contributed by atoms with E-state index in [0.29, 0.717) is 11.8 Å². The van der Waals surface area contributed by atoms with Gasteiger partial charge in [0, 0.05) is 16.3 Å². The monoisotopic (exact) mass is 420 g/mol. The molecule has 0 saturated heterocycles. The summed E-state index contributed by atoms with van der Waals surface area (Å²) in [5.74, 6) is 1.19. The van der Waals surface area contributed by atoms with Crippen LogP contribution in [0.4, 0.5) is 0 Å². The molecule has 2 heterocycles. The highest BCUT2D eigenvalue weighted by Gasteiger charge is 2.22. The Labute approximate surface area is 190 Å². The lowest BCUT2D eigenvalue weighted by molar-refractivity contribution is 0.637. The molecule has 2 heteroatoms. The van der Waals surface area contributed by atoms with Crippen LogP contribution >= 0.6 is 0 Å². The molecule has 0 aliphatic heterocycles. The zero-order valence-corrected chi connectivity index (χ0v) is 19.8. The molecule has 0 unspecified atom stereocenters. The third kappa shape index (κ3) is 3.39. The Kier molecular flexibility index (Phi) is 5.25. The maximum Gasteiger partial charge on any atom is 0.145 e. The number of imidazole rings is 1. The largest absolute Gasteiger partial charge is 0.291 e. The van der Waals surface area contributed by atoms with Crippen molar-refractivity contribution in [3.8, 4) is 11.3 Å². The van der Waals surface area contributed by atoms with Crippen molar-refractivity contribution >= 4 is 27.3 Å². The van der Waals surface area contributed by atoms with Gasteiger partial charge in [0.05, 0.1) is 16.9 Å². The molecule has 2 nitrogen and oxygen atoms in total. The van der Waals surface area contributed by atoms with Crippen molar-refractivity contribution in [2.75, 3.05) is 0 Å². The van der Waals surface area contributed by atoms with E-state index < -0.39 is 0 Å². The molecule has 0 aliphatic carbocycles. The number of pyridine rings is 1. The number of rotatable bonds is 5. The number of benzene rings is 3. The van der Waals surface area contributed by atoms with Gasteiger partial charge in [0.15, 0.2) is 0 Å². The first-order valence-corrected chi connectivity index (χ1v) is 11.8. The van der Waals surface area contributed by atoms with Gasteiger partial charge >= 0.3 is 0 Å². The topological polar surface area (TPSA) is 17.3 Å². The van der Waals surface area contributed by atoms with Crippen LogP contribution in [0, 0.1) is 18.8 Å². The highest BCUT2D eigenvalue weighted by Crippen LogP contribution is 2.38. The average molecular weight is 421 g/mol. The van der Waals surface area contributed by atoms with Crippen molar-refractivity contribution in [1.82, 2.24) is 9.38 Å². The van der Waals surface area contributed by atoms with E-state index in [0.717, 1.165) is 24.2 Å². The summed E-state index contributed by atoms with van der Waals surface area (Å²) >= 11 is 0. The fraction of sp³-hybridized carbons (Fsp3) is 0.300. The molecule has 0 N–H and O–H groups in total. The summed E-state index contributed by atoms with van der Waals surface area (Å²) in [6, 6.07) is 24.3. The molecule has 5 aromatic rings. The molecule has 162 valence electrons. The van der Waals surface area contributed by atoms with E-state index in [2.05, 4.69) is 106 Å². The van der Waals surface area contributed by atoms with E-state index in [4.69, 9.17) is 4.98 Å². The van der Waals surface area contributed by atoms with Crippen LogP contribution in [0.2, 0.25) is 0 Å². The Morgan fingerprint density at radius 1 is 0.688 bits per heavy atom. The zero-order chi connectivity index (χ0) is 22.4. The summed E-state index contributed by atoms with van der Waals surface area (Å²) in [5.41, 5.74) is 8.90. The van der Waals surface area contributed by atoms with Gasteiger partial charge in [-0.15, -0.1) is 0 Å². The third-order valence-electron chi connectivity index (χ3n) is 6.38. The van der Waals surface area contributed by atoms with Gasteiger partial charge in [-0.05, 0) is 54.2 Å². The number of nitrogens with zero attached hydrogens (tertiary/aromatic N) is 2. The van der Waals surface area contributed by atoms with E-state index in [1.165, 1.54) is 44.1 Å². The SMILES string of the molecule is Cc1nc2c3ccccc3c3ccccc3n2c1-c1c(CC(C)C)cccc1CC(C)C. The Hall–Kier alpha value is -3.13. The summed E-state index contributed by atoms with van der Waals surface area (Å²) in [6.07, 6.45) is 2.14. The van der Waals surface area contributed by atoms with Crippen molar-refractivity contribution in [2.24, 2.45) is 11.8 Å². The summed E-state index contributed by atoms with van der Waals surface area (Å²) < 4.78 is 2.43. The maximum atomic E-state index is 5.17. The average Bonchev–Trinajstić information content (AvgIpc) is 3.10. The predicted molar refractivity (Wildman–Crippen MR) is 137 cm³/mol. The number of aromatic nitrogens is 2. The number of hydrogen-bond acceptors (Lipinski definition) is 1. The van der Waals surface area contributed by atoms with Gasteiger partial charge in [-0.3, -0.25) is 4.40 Å². The summed E-state index contributed by atoms with van der Waals surface area (Å²) in [4.78, 5) is 5.17. The smallest absolute Gasteiger partial charge is 0.145 e. The molecule has 32 heavy (non-hydrogen) atoms. The number of para-hydroxylation sites is 1. The van der Waals surface area contributed by atoms with Crippen LogP contribution in [0.1, 0.15) is 44.5 Å². The minimum absolute atomic E-state index is 0.597. The van der Waals surface area contributed by atoms with E-state index in [9.17, 15) is 0 Å². The highest BCUT2D eigenvalue weighted by molar-refractivity contribution is 6.12. The molecule has 0 atom stereocenters. The molecule has 0 spiro atoms. The molecule has 3 aromatic carbocycles. The normalized spacial score (nSPS) is 12.1. The first-order chi connectivity index (χ1) is 15.5. The van der Waals surface area contributed by atoms with Gasteiger partial charge in [-0.2, -0.15) is 0 Å². The fourth-order valence-electron chi connectivity index (χ4n) is 5.22. The van der Waals surface area contributed by atoms with Crippen LogP contribution in [-0.4, -0.2) is 9.38 Å². The molecule has 5 rings (SSSR count). The Bertz CT molecular complexity index is 1410. The second kappa shape index (κ2) is 8.09. The van der Waals surface area contributed by atoms with Crippen molar-refractivity contribution in [1.29, 1.82) is 0 Å². The van der Waals surface area contributed by atoms with Crippen LogP contribution in [0.15, 0.2) is 66.7 Å². The Morgan fingerprint density at radius 2 is 1.25 bits per heavy atom. The second-order valence-electron chi connectivity index (χ2n) is 9.91. The first-order valence-electron chi connectivity index (χ1n) is 11.8. The lowest BCUT2D eigenvalue weighted by Gasteiger charge is -2.19. The van der Waals surface area contributed by atoms with E-state index in [-0.39, 0.29) is 0 Å². The Balaban J connectivity index is 1.96. The minimum Gasteiger partial charge on any atom is -0.291 e. The predicted octanol–water partition coefficient (Wildman–Crippen LogP) is 8.01. The minimum atomic E-state index is 0.597. The molecule has 0 bridgehead atoms. The quantitative estimate of drug-likeness (QED) is 0.263. The van der Waals surface area contributed by atoms with Crippen LogP contribution in [-0.2, 0) is 12.8 Å². The fourth-order valence-corrected chi connectivity index (χ4v) is 5.22. The third-order valence-corrected chi connectivity index (χ3v) is 6.38. The molecule has 0 saturated carbocycles. The zero-order valence-electron chi connectivity index (χ0n) is 19.8. The number of hydrogen-bond donors (Lipinski definition) is 0. The van der Waals surface area contributed by atoms with Crippen LogP contribution < -0.4 is 0 Å². The molecule has 0 aliphatic rings.